The lowest BCUT2D eigenvalue weighted by atomic mass is 10.3. The van der Waals surface area contributed by atoms with E-state index in [1.165, 1.54) is 17.7 Å². The summed E-state index contributed by atoms with van der Waals surface area (Å²) in [4.78, 5) is 25.6. The van der Waals surface area contributed by atoms with Gasteiger partial charge in [0.25, 0.3) is 5.56 Å². The molecule has 19 heavy (non-hydrogen) atoms. The lowest BCUT2D eigenvalue weighted by molar-refractivity contribution is 0.301. The maximum absolute atomic E-state index is 11.7. The van der Waals surface area contributed by atoms with Gasteiger partial charge in [0, 0.05) is 45.5 Å². The van der Waals surface area contributed by atoms with Crippen LogP contribution in [0.15, 0.2) is 15.7 Å². The normalized spacial score (nSPS) is 11.2. The zero-order valence-electron chi connectivity index (χ0n) is 12.3. The third-order valence-corrected chi connectivity index (χ3v) is 3.43. The van der Waals surface area contributed by atoms with E-state index in [4.69, 9.17) is 0 Å². The van der Waals surface area contributed by atoms with Crippen LogP contribution in [0.25, 0.3) is 0 Å². The van der Waals surface area contributed by atoms with Crippen molar-refractivity contribution in [3.63, 3.8) is 0 Å². The fraction of sp³-hybridized carbons (Fsp3) is 0.692. The molecule has 0 aromatic carbocycles. The highest BCUT2D eigenvalue weighted by atomic mass is 16.2. The summed E-state index contributed by atoms with van der Waals surface area (Å²) >= 11 is 0. The summed E-state index contributed by atoms with van der Waals surface area (Å²) in [5, 5.41) is 3.27. The molecule has 0 spiro atoms. The number of rotatable bonds is 7. The molecule has 0 bridgehead atoms. The van der Waals surface area contributed by atoms with Gasteiger partial charge in [-0.25, -0.2) is 4.79 Å². The minimum Gasteiger partial charge on any atom is -0.310 e. The van der Waals surface area contributed by atoms with Crippen LogP contribution in [0.1, 0.15) is 19.5 Å². The number of hydrogen-bond donors (Lipinski definition) is 1. The summed E-state index contributed by atoms with van der Waals surface area (Å²) in [7, 11) is 3.17. The largest absolute Gasteiger partial charge is 0.330 e. The summed E-state index contributed by atoms with van der Waals surface area (Å²) in [6.07, 6.45) is 0. The second-order valence-corrected chi connectivity index (χ2v) is 4.58. The van der Waals surface area contributed by atoms with Gasteiger partial charge in [0.15, 0.2) is 0 Å². The quantitative estimate of drug-likeness (QED) is 0.678. The van der Waals surface area contributed by atoms with Crippen molar-refractivity contribution in [2.24, 2.45) is 14.1 Å². The molecule has 0 saturated carbocycles. The molecule has 0 unspecified atom stereocenters. The van der Waals surface area contributed by atoms with Crippen molar-refractivity contribution >= 4 is 0 Å². The van der Waals surface area contributed by atoms with E-state index in [-0.39, 0.29) is 11.2 Å². The number of likely N-dealkylation sites (N-methyl/N-ethyl adjacent to an activating group) is 1. The van der Waals surface area contributed by atoms with Gasteiger partial charge in [0.2, 0.25) is 0 Å². The Morgan fingerprint density at radius 3 is 2.37 bits per heavy atom. The molecule has 1 aromatic rings. The van der Waals surface area contributed by atoms with Gasteiger partial charge in [-0.3, -0.25) is 13.9 Å². The molecule has 1 heterocycles. The van der Waals surface area contributed by atoms with E-state index in [9.17, 15) is 9.59 Å². The second kappa shape index (κ2) is 7.25. The van der Waals surface area contributed by atoms with Crippen molar-refractivity contribution in [1.82, 2.24) is 19.4 Å². The molecule has 0 radical (unpaired) electrons. The zero-order valence-corrected chi connectivity index (χ0v) is 12.3. The van der Waals surface area contributed by atoms with Gasteiger partial charge < -0.3 is 10.2 Å². The average molecular weight is 268 g/mol. The van der Waals surface area contributed by atoms with E-state index in [1.54, 1.807) is 7.05 Å². The van der Waals surface area contributed by atoms with Crippen LogP contribution < -0.4 is 16.6 Å². The van der Waals surface area contributed by atoms with Gasteiger partial charge in [-0.15, -0.1) is 0 Å². The van der Waals surface area contributed by atoms with E-state index in [2.05, 4.69) is 24.1 Å². The van der Waals surface area contributed by atoms with Crippen LogP contribution in [-0.4, -0.2) is 40.2 Å². The van der Waals surface area contributed by atoms with Gasteiger partial charge >= 0.3 is 5.69 Å². The molecule has 0 saturated heterocycles. The van der Waals surface area contributed by atoms with Crippen LogP contribution in [0.3, 0.4) is 0 Å². The van der Waals surface area contributed by atoms with Gasteiger partial charge in [-0.05, 0) is 13.1 Å². The first-order chi connectivity index (χ1) is 9.01. The number of hydrogen-bond acceptors (Lipinski definition) is 4. The van der Waals surface area contributed by atoms with E-state index >= 15 is 0 Å². The minimum atomic E-state index is -0.284. The molecule has 6 heteroatoms. The van der Waals surface area contributed by atoms with Crippen LogP contribution >= 0.6 is 0 Å². The van der Waals surface area contributed by atoms with E-state index in [0.717, 1.165) is 30.7 Å². The molecular weight excluding hydrogens is 244 g/mol. The number of nitrogens with one attached hydrogen (secondary N) is 1. The van der Waals surface area contributed by atoms with Crippen LogP contribution in [0.5, 0.6) is 0 Å². The maximum Gasteiger partial charge on any atom is 0.330 e. The Hall–Kier alpha value is -1.40. The maximum atomic E-state index is 11.7. The Balaban J connectivity index is 2.60. The van der Waals surface area contributed by atoms with Crippen molar-refractivity contribution in [3.05, 3.63) is 32.6 Å². The highest BCUT2D eigenvalue weighted by molar-refractivity contribution is 5.01. The fourth-order valence-corrected chi connectivity index (χ4v) is 1.94. The van der Waals surface area contributed by atoms with Gasteiger partial charge in [0.05, 0.1) is 0 Å². The topological polar surface area (TPSA) is 59.3 Å². The summed E-state index contributed by atoms with van der Waals surface area (Å²) < 4.78 is 2.62. The molecule has 1 rings (SSSR count). The summed E-state index contributed by atoms with van der Waals surface area (Å²) in [6.45, 7) is 8.66. The van der Waals surface area contributed by atoms with E-state index in [1.807, 2.05) is 0 Å². The first kappa shape index (κ1) is 15.7. The Kier molecular flexibility index (Phi) is 5.98. The predicted octanol–water partition coefficient (Wildman–Crippen LogP) is -0.485. The van der Waals surface area contributed by atoms with Crippen molar-refractivity contribution in [1.29, 1.82) is 0 Å². The zero-order chi connectivity index (χ0) is 14.4. The molecule has 1 aromatic heterocycles. The number of nitrogens with zero attached hydrogens (tertiary/aromatic N) is 3. The Morgan fingerprint density at radius 1 is 1.16 bits per heavy atom. The lowest BCUT2D eigenvalue weighted by Gasteiger charge is -2.18. The molecule has 0 aliphatic carbocycles. The third kappa shape index (κ3) is 4.04. The SMILES string of the molecule is CCN(CC)CCNCc1cc(=O)n(C)c(=O)n1C. The summed E-state index contributed by atoms with van der Waals surface area (Å²) in [5.41, 5.74) is 0.171. The highest BCUT2D eigenvalue weighted by Crippen LogP contribution is 1.90. The van der Waals surface area contributed by atoms with Gasteiger partial charge in [-0.1, -0.05) is 13.8 Å². The molecule has 0 aliphatic rings. The molecule has 6 nitrogen and oxygen atoms in total. The first-order valence-electron chi connectivity index (χ1n) is 6.70. The lowest BCUT2D eigenvalue weighted by Crippen LogP contribution is -2.39. The van der Waals surface area contributed by atoms with Gasteiger partial charge in [-0.2, -0.15) is 0 Å². The Labute approximate surface area is 113 Å². The number of aromatic nitrogens is 2. The molecular formula is C13H24N4O2. The van der Waals surface area contributed by atoms with Crippen molar-refractivity contribution in [2.75, 3.05) is 26.2 Å². The molecule has 0 atom stereocenters. The fourth-order valence-electron chi connectivity index (χ4n) is 1.94. The molecule has 0 aliphatic heterocycles. The smallest absolute Gasteiger partial charge is 0.310 e. The van der Waals surface area contributed by atoms with E-state index in [0.29, 0.717) is 12.2 Å². The molecule has 0 amide bonds. The Bertz CT molecular complexity index is 514. The van der Waals surface area contributed by atoms with Gasteiger partial charge in [0.1, 0.15) is 0 Å². The van der Waals surface area contributed by atoms with Crippen molar-refractivity contribution in [3.8, 4) is 0 Å². The van der Waals surface area contributed by atoms with Crippen molar-refractivity contribution < 1.29 is 0 Å². The minimum absolute atomic E-state index is 0.261. The van der Waals surface area contributed by atoms with Crippen LogP contribution in [-0.2, 0) is 20.6 Å². The first-order valence-corrected chi connectivity index (χ1v) is 6.70. The average Bonchev–Trinajstić information content (AvgIpc) is 2.42. The highest BCUT2D eigenvalue weighted by Gasteiger charge is 2.05. The second-order valence-electron chi connectivity index (χ2n) is 4.58. The molecule has 0 fully saturated rings. The van der Waals surface area contributed by atoms with Crippen LogP contribution in [0, 0.1) is 0 Å². The molecule has 1 N–H and O–H groups in total. The monoisotopic (exact) mass is 268 g/mol. The summed E-state index contributed by atoms with van der Waals surface area (Å²) in [5.74, 6) is 0. The Morgan fingerprint density at radius 2 is 1.79 bits per heavy atom. The standard InChI is InChI=1S/C13H24N4O2/c1-5-17(6-2)8-7-14-10-11-9-12(18)16(4)13(19)15(11)3/h9,14H,5-8,10H2,1-4H3. The summed E-state index contributed by atoms with van der Waals surface area (Å²) in [6, 6.07) is 1.51. The third-order valence-electron chi connectivity index (χ3n) is 3.43. The van der Waals surface area contributed by atoms with Crippen LogP contribution in [0.4, 0.5) is 0 Å². The predicted molar refractivity (Wildman–Crippen MR) is 76.4 cm³/mol. The van der Waals surface area contributed by atoms with Crippen molar-refractivity contribution in [2.45, 2.75) is 20.4 Å². The van der Waals surface area contributed by atoms with Crippen LogP contribution in [0.2, 0.25) is 0 Å². The van der Waals surface area contributed by atoms with E-state index < -0.39 is 0 Å². The molecule has 108 valence electrons.